The second kappa shape index (κ2) is 14.9. The molecule has 0 unspecified atom stereocenters. The molecule has 1 aromatic carbocycles. The Bertz CT molecular complexity index is 506. The molecule has 0 heterocycles. The largest absolute Gasteiger partial charge is 0.382 e. The molecule has 25 heavy (non-hydrogen) atoms. The number of benzene rings is 1. The Morgan fingerprint density at radius 1 is 1.16 bits per heavy atom. The maximum absolute atomic E-state index is 11.0. The summed E-state index contributed by atoms with van der Waals surface area (Å²) in [6, 6.07) is 7.89. The van der Waals surface area contributed by atoms with Crippen LogP contribution >= 0.6 is 24.0 Å². The van der Waals surface area contributed by atoms with Gasteiger partial charge in [0, 0.05) is 45.5 Å². The van der Waals surface area contributed by atoms with Crippen LogP contribution in [0.25, 0.3) is 0 Å². The molecule has 0 aliphatic carbocycles. The van der Waals surface area contributed by atoms with Gasteiger partial charge in [0.15, 0.2) is 5.96 Å². The zero-order valence-electron chi connectivity index (χ0n) is 15.4. The van der Waals surface area contributed by atoms with Crippen molar-refractivity contribution in [1.29, 1.82) is 0 Å². The van der Waals surface area contributed by atoms with Crippen LogP contribution in [0.3, 0.4) is 0 Å². The van der Waals surface area contributed by atoms with Crippen LogP contribution in [0.15, 0.2) is 29.3 Å². The Morgan fingerprint density at radius 3 is 2.48 bits per heavy atom. The van der Waals surface area contributed by atoms with Crippen LogP contribution in [0.1, 0.15) is 32.8 Å². The lowest BCUT2D eigenvalue weighted by Crippen LogP contribution is -2.38. The fourth-order valence-corrected chi connectivity index (χ4v) is 2.13. The number of rotatable bonds is 10. The van der Waals surface area contributed by atoms with Crippen molar-refractivity contribution >= 4 is 41.5 Å². The third-order valence-corrected chi connectivity index (χ3v) is 3.25. The van der Waals surface area contributed by atoms with Crippen LogP contribution in [0.5, 0.6) is 0 Å². The molecule has 1 amide bonds. The molecule has 0 atom stereocenters. The maximum atomic E-state index is 11.0. The minimum Gasteiger partial charge on any atom is -0.382 e. The van der Waals surface area contributed by atoms with Crippen molar-refractivity contribution in [2.24, 2.45) is 4.99 Å². The summed E-state index contributed by atoms with van der Waals surface area (Å²) in [5.41, 5.74) is 2.03. The molecular weight excluding hydrogens is 431 g/mol. The summed E-state index contributed by atoms with van der Waals surface area (Å²) in [4.78, 5) is 15.5. The van der Waals surface area contributed by atoms with E-state index in [-0.39, 0.29) is 29.9 Å². The number of guanidine groups is 1. The van der Waals surface area contributed by atoms with Crippen molar-refractivity contribution in [2.45, 2.75) is 33.6 Å². The minimum atomic E-state index is -0.0553. The number of nitrogens with one attached hydrogen (secondary N) is 3. The van der Waals surface area contributed by atoms with Gasteiger partial charge in [0.1, 0.15) is 0 Å². The molecule has 0 bridgehead atoms. The highest BCUT2D eigenvalue weighted by atomic mass is 127. The Morgan fingerprint density at radius 2 is 1.88 bits per heavy atom. The highest BCUT2D eigenvalue weighted by molar-refractivity contribution is 14.0. The van der Waals surface area contributed by atoms with Crippen LogP contribution in [0.4, 0.5) is 5.69 Å². The number of anilines is 1. The van der Waals surface area contributed by atoms with Gasteiger partial charge >= 0.3 is 0 Å². The van der Waals surface area contributed by atoms with Gasteiger partial charge in [-0.15, -0.1) is 24.0 Å². The monoisotopic (exact) mass is 462 g/mol. The molecule has 6 nitrogen and oxygen atoms in total. The summed E-state index contributed by atoms with van der Waals surface area (Å²) in [6.07, 6.45) is 1.82. The van der Waals surface area contributed by atoms with Crippen molar-refractivity contribution in [3.8, 4) is 0 Å². The molecule has 0 aliphatic heterocycles. The van der Waals surface area contributed by atoms with E-state index < -0.39 is 0 Å². The Kier molecular flexibility index (Phi) is 14.1. The first-order valence-electron chi connectivity index (χ1n) is 8.62. The number of hydrogen-bond acceptors (Lipinski definition) is 3. The molecule has 0 saturated heterocycles. The van der Waals surface area contributed by atoms with Crippen LogP contribution in [-0.2, 0) is 16.0 Å². The van der Waals surface area contributed by atoms with E-state index in [1.807, 2.05) is 31.2 Å². The lowest BCUT2D eigenvalue weighted by molar-refractivity contribution is -0.114. The first-order valence-corrected chi connectivity index (χ1v) is 8.62. The summed E-state index contributed by atoms with van der Waals surface area (Å²) in [5.74, 6) is 0.782. The number of aliphatic imine (C=N–C) groups is 1. The third-order valence-electron chi connectivity index (χ3n) is 3.25. The molecule has 1 rings (SSSR count). The molecule has 0 aromatic heterocycles. The zero-order chi connectivity index (χ0) is 17.6. The van der Waals surface area contributed by atoms with E-state index >= 15 is 0 Å². The van der Waals surface area contributed by atoms with Crippen molar-refractivity contribution in [2.75, 3.05) is 38.2 Å². The Hall–Kier alpha value is -1.35. The van der Waals surface area contributed by atoms with E-state index in [4.69, 9.17) is 4.74 Å². The zero-order valence-corrected chi connectivity index (χ0v) is 17.8. The predicted molar refractivity (Wildman–Crippen MR) is 115 cm³/mol. The van der Waals surface area contributed by atoms with E-state index in [0.29, 0.717) is 0 Å². The SMILES string of the molecule is CCNC(=NCCCOCC)NCCc1ccc(NC(C)=O)cc1.I. The van der Waals surface area contributed by atoms with E-state index in [2.05, 4.69) is 27.9 Å². The molecule has 0 aliphatic rings. The van der Waals surface area contributed by atoms with Gasteiger partial charge in [0.25, 0.3) is 0 Å². The fourth-order valence-electron chi connectivity index (χ4n) is 2.13. The topological polar surface area (TPSA) is 74.8 Å². The summed E-state index contributed by atoms with van der Waals surface area (Å²) in [6.45, 7) is 9.45. The standard InChI is InChI=1S/C18H30N4O2.HI/c1-4-19-18(20-12-6-14-24-5-2)21-13-11-16-7-9-17(10-8-16)22-15(3)23;/h7-10H,4-6,11-14H2,1-3H3,(H,22,23)(H2,19,20,21);1H. The summed E-state index contributed by atoms with van der Waals surface area (Å²) in [5, 5.41) is 9.34. The molecule has 1 aromatic rings. The lowest BCUT2D eigenvalue weighted by atomic mass is 10.1. The number of carbonyl (C=O) groups is 1. The van der Waals surface area contributed by atoms with Crippen LogP contribution in [0, 0.1) is 0 Å². The maximum Gasteiger partial charge on any atom is 0.221 e. The molecule has 142 valence electrons. The summed E-state index contributed by atoms with van der Waals surface area (Å²) < 4.78 is 5.31. The molecular formula is C18H31IN4O2. The van der Waals surface area contributed by atoms with Gasteiger partial charge in [-0.25, -0.2) is 0 Å². The molecule has 0 spiro atoms. The molecule has 0 saturated carbocycles. The number of carbonyl (C=O) groups excluding carboxylic acids is 1. The molecule has 0 radical (unpaired) electrons. The van der Waals surface area contributed by atoms with Crippen molar-refractivity contribution in [1.82, 2.24) is 10.6 Å². The Labute approximate surface area is 168 Å². The Balaban J connectivity index is 0.00000576. The van der Waals surface area contributed by atoms with Gasteiger partial charge in [0.05, 0.1) is 0 Å². The first kappa shape index (κ1) is 23.6. The summed E-state index contributed by atoms with van der Waals surface area (Å²) in [7, 11) is 0. The quantitative estimate of drug-likeness (QED) is 0.216. The lowest BCUT2D eigenvalue weighted by Gasteiger charge is -2.11. The average Bonchev–Trinajstić information content (AvgIpc) is 2.55. The van der Waals surface area contributed by atoms with Crippen LogP contribution in [-0.4, -0.2) is 44.7 Å². The van der Waals surface area contributed by atoms with Gasteiger partial charge in [-0.3, -0.25) is 9.79 Å². The van der Waals surface area contributed by atoms with Gasteiger partial charge in [-0.05, 0) is 44.4 Å². The first-order chi connectivity index (χ1) is 11.7. The van der Waals surface area contributed by atoms with E-state index in [9.17, 15) is 4.79 Å². The smallest absolute Gasteiger partial charge is 0.221 e. The normalized spacial score (nSPS) is 10.8. The minimum absolute atomic E-state index is 0. The van der Waals surface area contributed by atoms with Gasteiger partial charge < -0.3 is 20.7 Å². The van der Waals surface area contributed by atoms with Crippen molar-refractivity contribution in [3.05, 3.63) is 29.8 Å². The van der Waals surface area contributed by atoms with E-state index in [1.165, 1.54) is 12.5 Å². The van der Waals surface area contributed by atoms with E-state index in [0.717, 1.165) is 57.3 Å². The van der Waals surface area contributed by atoms with Crippen LogP contribution < -0.4 is 16.0 Å². The van der Waals surface area contributed by atoms with Gasteiger partial charge in [-0.1, -0.05) is 12.1 Å². The number of nitrogens with zero attached hydrogens (tertiary/aromatic N) is 1. The van der Waals surface area contributed by atoms with Gasteiger partial charge in [0.2, 0.25) is 5.91 Å². The van der Waals surface area contributed by atoms with Crippen molar-refractivity contribution < 1.29 is 9.53 Å². The highest BCUT2D eigenvalue weighted by Gasteiger charge is 1.99. The molecule has 7 heteroatoms. The number of ether oxygens (including phenoxy) is 1. The summed E-state index contributed by atoms with van der Waals surface area (Å²) >= 11 is 0. The number of hydrogen-bond donors (Lipinski definition) is 3. The fraction of sp³-hybridized carbons (Fsp3) is 0.556. The third kappa shape index (κ3) is 11.8. The average molecular weight is 462 g/mol. The van der Waals surface area contributed by atoms with Crippen LogP contribution in [0.2, 0.25) is 0 Å². The van der Waals surface area contributed by atoms with Crippen molar-refractivity contribution in [3.63, 3.8) is 0 Å². The van der Waals surface area contributed by atoms with Gasteiger partial charge in [-0.2, -0.15) is 0 Å². The predicted octanol–water partition coefficient (Wildman–Crippen LogP) is 2.79. The second-order valence-electron chi connectivity index (χ2n) is 5.37. The molecule has 3 N–H and O–H groups in total. The highest BCUT2D eigenvalue weighted by Crippen LogP contribution is 2.09. The van der Waals surface area contributed by atoms with E-state index in [1.54, 1.807) is 0 Å². The number of halogens is 1. The molecule has 0 fully saturated rings. The second-order valence-corrected chi connectivity index (χ2v) is 5.37. The number of amides is 1.